The Hall–Kier alpha value is -3.59. The minimum absolute atomic E-state index is 0.0135. The number of likely N-dealkylation sites (tertiary alicyclic amines) is 1. The fourth-order valence-corrected chi connectivity index (χ4v) is 3.92. The Balaban J connectivity index is 1.23. The first-order chi connectivity index (χ1) is 15.5. The molecule has 2 N–H and O–H groups in total. The number of piperidine rings is 1. The summed E-state index contributed by atoms with van der Waals surface area (Å²) in [5.41, 5.74) is 4.63. The molecule has 9 nitrogen and oxygen atoms in total. The molecule has 0 unspecified atom stereocenters. The highest BCUT2D eigenvalue weighted by atomic mass is 16.2. The lowest BCUT2D eigenvalue weighted by Gasteiger charge is -2.30. The summed E-state index contributed by atoms with van der Waals surface area (Å²) in [5, 5.41) is 17.1. The van der Waals surface area contributed by atoms with Crippen LogP contribution in [-0.4, -0.2) is 56.6 Å². The summed E-state index contributed by atoms with van der Waals surface area (Å²) < 4.78 is 1.55. The fourth-order valence-electron chi connectivity index (χ4n) is 3.92. The molecule has 0 atom stereocenters. The minimum Gasteiger partial charge on any atom is -0.326 e. The molecule has 2 heterocycles. The van der Waals surface area contributed by atoms with Crippen LogP contribution in [0.3, 0.4) is 0 Å². The molecular weight excluding hydrogens is 406 g/mol. The van der Waals surface area contributed by atoms with Gasteiger partial charge >= 0.3 is 0 Å². The number of nitrogens with one attached hydrogen (secondary N) is 2. The number of carbonyl (C=O) groups is 2. The van der Waals surface area contributed by atoms with E-state index in [1.807, 2.05) is 50.2 Å². The van der Waals surface area contributed by atoms with Gasteiger partial charge in [0.05, 0.1) is 12.2 Å². The highest BCUT2D eigenvalue weighted by Crippen LogP contribution is 2.21. The van der Waals surface area contributed by atoms with Crippen LogP contribution in [0.4, 0.5) is 11.4 Å². The van der Waals surface area contributed by atoms with Crippen molar-refractivity contribution in [2.75, 3.05) is 30.3 Å². The van der Waals surface area contributed by atoms with E-state index in [9.17, 15) is 9.59 Å². The Morgan fingerprint density at radius 3 is 2.44 bits per heavy atom. The van der Waals surface area contributed by atoms with Crippen LogP contribution in [0.1, 0.15) is 24.0 Å². The summed E-state index contributed by atoms with van der Waals surface area (Å²) in [6.45, 7) is 5.80. The maximum Gasteiger partial charge on any atom is 0.238 e. The number of carbonyl (C=O) groups excluding carboxylic acids is 2. The van der Waals surface area contributed by atoms with Gasteiger partial charge in [0.15, 0.2) is 0 Å². The van der Waals surface area contributed by atoms with E-state index in [1.54, 1.807) is 4.68 Å². The Kier molecular flexibility index (Phi) is 6.55. The number of hydrogen-bond donors (Lipinski definition) is 2. The van der Waals surface area contributed by atoms with Crippen LogP contribution in [0.2, 0.25) is 0 Å². The van der Waals surface area contributed by atoms with E-state index in [0.29, 0.717) is 6.54 Å². The Morgan fingerprint density at radius 2 is 1.78 bits per heavy atom. The number of nitrogens with zero attached hydrogens (tertiary/aromatic N) is 5. The third kappa shape index (κ3) is 5.36. The SMILES string of the molecule is Cc1ccc(NC(=O)CN2CCC(C(=O)Nc3ccc(-n4cnnn4)cc3)CC2)c(C)c1. The molecule has 0 saturated carbocycles. The monoisotopic (exact) mass is 433 g/mol. The van der Waals surface area contributed by atoms with Gasteiger partial charge in [0, 0.05) is 17.3 Å². The van der Waals surface area contributed by atoms with E-state index in [4.69, 9.17) is 0 Å². The molecule has 4 rings (SSSR count). The van der Waals surface area contributed by atoms with Crippen molar-refractivity contribution < 1.29 is 9.59 Å². The van der Waals surface area contributed by atoms with Gasteiger partial charge < -0.3 is 10.6 Å². The number of anilines is 2. The van der Waals surface area contributed by atoms with Crippen molar-refractivity contribution in [2.45, 2.75) is 26.7 Å². The van der Waals surface area contributed by atoms with Crippen molar-refractivity contribution in [1.82, 2.24) is 25.1 Å². The third-order valence-corrected chi connectivity index (χ3v) is 5.73. The molecule has 9 heteroatoms. The Labute approximate surface area is 186 Å². The van der Waals surface area contributed by atoms with Gasteiger partial charge in [-0.15, -0.1) is 5.10 Å². The van der Waals surface area contributed by atoms with Crippen LogP contribution in [0.5, 0.6) is 0 Å². The maximum atomic E-state index is 12.7. The molecule has 166 valence electrons. The van der Waals surface area contributed by atoms with Crippen LogP contribution in [0.15, 0.2) is 48.8 Å². The van der Waals surface area contributed by atoms with Crippen LogP contribution in [0, 0.1) is 19.8 Å². The molecule has 1 aliphatic rings. The molecule has 3 aromatic rings. The second-order valence-corrected chi connectivity index (χ2v) is 8.21. The first kappa shape index (κ1) is 21.6. The summed E-state index contributed by atoms with van der Waals surface area (Å²) in [6.07, 6.45) is 2.97. The van der Waals surface area contributed by atoms with E-state index < -0.39 is 0 Å². The standard InChI is InChI=1S/C23H27N7O2/c1-16-3-8-21(17(2)13-16)26-22(31)14-29-11-9-18(10-12-29)23(32)25-19-4-6-20(7-5-19)30-15-24-27-28-30/h3-8,13,15,18H,9-12,14H2,1-2H3,(H,25,32)(H,26,31). The molecule has 1 saturated heterocycles. The molecular formula is C23H27N7O2. The zero-order chi connectivity index (χ0) is 22.5. The number of rotatable bonds is 6. The number of aromatic nitrogens is 4. The molecule has 0 radical (unpaired) electrons. The number of hydrogen-bond acceptors (Lipinski definition) is 6. The molecule has 0 bridgehead atoms. The van der Waals surface area contributed by atoms with Gasteiger partial charge in [0.25, 0.3) is 0 Å². The van der Waals surface area contributed by atoms with Crippen molar-refractivity contribution in [3.8, 4) is 5.69 Å². The van der Waals surface area contributed by atoms with Gasteiger partial charge in [-0.3, -0.25) is 14.5 Å². The maximum absolute atomic E-state index is 12.7. The zero-order valence-corrected chi connectivity index (χ0v) is 18.3. The van der Waals surface area contributed by atoms with Gasteiger partial charge in [-0.1, -0.05) is 17.7 Å². The molecule has 0 spiro atoms. The number of amides is 2. The number of aryl methyl sites for hydroxylation is 2. The topological polar surface area (TPSA) is 105 Å². The average molecular weight is 434 g/mol. The molecule has 1 aromatic heterocycles. The third-order valence-electron chi connectivity index (χ3n) is 5.73. The largest absolute Gasteiger partial charge is 0.326 e. The fraction of sp³-hybridized carbons (Fsp3) is 0.348. The molecule has 2 aromatic carbocycles. The molecule has 2 amide bonds. The summed E-state index contributed by atoms with van der Waals surface area (Å²) in [4.78, 5) is 27.2. The van der Waals surface area contributed by atoms with Crippen molar-refractivity contribution >= 4 is 23.2 Å². The second-order valence-electron chi connectivity index (χ2n) is 8.21. The summed E-state index contributed by atoms with van der Waals surface area (Å²) in [7, 11) is 0. The molecule has 32 heavy (non-hydrogen) atoms. The average Bonchev–Trinajstić information content (AvgIpc) is 3.32. The van der Waals surface area contributed by atoms with Gasteiger partial charge in [0.2, 0.25) is 11.8 Å². The lowest BCUT2D eigenvalue weighted by atomic mass is 9.95. The van der Waals surface area contributed by atoms with E-state index in [-0.39, 0.29) is 17.7 Å². The molecule has 1 aliphatic heterocycles. The predicted octanol–water partition coefficient (Wildman–Crippen LogP) is 2.57. The Morgan fingerprint density at radius 1 is 1.03 bits per heavy atom. The van der Waals surface area contributed by atoms with E-state index in [2.05, 4.69) is 37.1 Å². The van der Waals surface area contributed by atoms with Gasteiger partial charge in [-0.2, -0.15) is 0 Å². The molecule has 1 fully saturated rings. The van der Waals surface area contributed by atoms with Crippen LogP contribution in [-0.2, 0) is 9.59 Å². The van der Waals surface area contributed by atoms with Crippen LogP contribution in [0.25, 0.3) is 5.69 Å². The predicted molar refractivity (Wildman–Crippen MR) is 121 cm³/mol. The van der Waals surface area contributed by atoms with E-state index in [0.717, 1.165) is 48.6 Å². The smallest absolute Gasteiger partial charge is 0.238 e. The summed E-state index contributed by atoms with van der Waals surface area (Å²) >= 11 is 0. The summed E-state index contributed by atoms with van der Waals surface area (Å²) in [6, 6.07) is 13.4. The lowest BCUT2D eigenvalue weighted by Crippen LogP contribution is -2.41. The number of tetrazole rings is 1. The van der Waals surface area contributed by atoms with Crippen molar-refractivity contribution in [1.29, 1.82) is 0 Å². The minimum atomic E-state index is -0.0622. The van der Waals surface area contributed by atoms with E-state index in [1.165, 1.54) is 11.9 Å². The van der Waals surface area contributed by atoms with Gasteiger partial charge in [-0.05, 0) is 86.1 Å². The molecule has 0 aliphatic carbocycles. The second kappa shape index (κ2) is 9.69. The van der Waals surface area contributed by atoms with Gasteiger partial charge in [0.1, 0.15) is 6.33 Å². The quantitative estimate of drug-likeness (QED) is 0.619. The van der Waals surface area contributed by atoms with Crippen LogP contribution >= 0.6 is 0 Å². The highest BCUT2D eigenvalue weighted by molar-refractivity contribution is 5.93. The first-order valence-electron chi connectivity index (χ1n) is 10.7. The van der Waals surface area contributed by atoms with Crippen molar-refractivity contribution in [2.24, 2.45) is 5.92 Å². The van der Waals surface area contributed by atoms with E-state index >= 15 is 0 Å². The van der Waals surface area contributed by atoms with Gasteiger partial charge in [-0.25, -0.2) is 4.68 Å². The number of benzene rings is 2. The van der Waals surface area contributed by atoms with Crippen molar-refractivity contribution in [3.63, 3.8) is 0 Å². The van der Waals surface area contributed by atoms with Crippen LogP contribution < -0.4 is 10.6 Å². The van der Waals surface area contributed by atoms with Crippen molar-refractivity contribution in [3.05, 3.63) is 59.9 Å². The normalized spacial score (nSPS) is 14.8. The summed E-state index contributed by atoms with van der Waals surface area (Å²) in [5.74, 6) is -0.0741. The lowest BCUT2D eigenvalue weighted by molar-refractivity contribution is -0.121. The Bertz CT molecular complexity index is 1070. The highest BCUT2D eigenvalue weighted by Gasteiger charge is 2.26. The first-order valence-corrected chi connectivity index (χ1v) is 10.7. The zero-order valence-electron chi connectivity index (χ0n) is 18.3.